The second-order valence-corrected chi connectivity index (χ2v) is 55.3. The zero-order chi connectivity index (χ0) is 13.8. The molecule has 2 rings (SSSR count). The maximum absolute atomic E-state index is 2.30. The fourth-order valence-corrected chi connectivity index (χ4v) is 67.3. The van der Waals surface area contributed by atoms with E-state index in [1.807, 2.05) is 0 Å². The van der Waals surface area contributed by atoms with Crippen LogP contribution in [0.3, 0.4) is 0 Å². The molecule has 0 saturated heterocycles. The molecule has 0 aliphatic carbocycles. The molecule has 0 amide bonds. The van der Waals surface area contributed by atoms with Crippen LogP contribution in [0.1, 0.15) is 22.3 Å². The number of hydrogen-bond donors (Lipinski definition) is 0. The molecule has 0 heterocycles. The number of aryl methyl sites for hydroxylation is 4. The second kappa shape index (κ2) is 7.81. The minimum atomic E-state index is -0.479. The van der Waals surface area contributed by atoms with E-state index in [9.17, 15) is 0 Å². The molecule has 0 unspecified atom stereocenters. The van der Waals surface area contributed by atoms with E-state index in [0.717, 1.165) is 0 Å². The van der Waals surface area contributed by atoms with Gasteiger partial charge in [0.15, 0.2) is 0 Å². The SMILES string of the molecule is Cc1cccc(C)c1[Te][Cd][Te]c1c(C)cccc1C. The molecule has 2 aromatic rings. The molecule has 0 saturated carbocycles. The van der Waals surface area contributed by atoms with Crippen molar-refractivity contribution in [3.05, 3.63) is 58.7 Å². The quantitative estimate of drug-likeness (QED) is 0.489. The van der Waals surface area contributed by atoms with E-state index >= 15 is 0 Å². The molecule has 0 bridgehead atoms. The van der Waals surface area contributed by atoms with Crippen molar-refractivity contribution in [2.45, 2.75) is 27.7 Å². The Hall–Kier alpha value is 0.941. The van der Waals surface area contributed by atoms with Gasteiger partial charge < -0.3 is 0 Å². The fraction of sp³-hybridized carbons (Fsp3) is 0.250. The molecule has 0 aliphatic rings. The molecule has 19 heavy (non-hydrogen) atoms. The molecule has 0 atom stereocenters. The predicted molar refractivity (Wildman–Crippen MR) is 82.6 cm³/mol. The average Bonchev–Trinajstić information content (AvgIpc) is 2.36. The van der Waals surface area contributed by atoms with Crippen molar-refractivity contribution in [2.24, 2.45) is 0 Å². The second-order valence-electron chi connectivity index (χ2n) is 4.85. The first-order chi connectivity index (χ1) is 9.09. The first kappa shape index (κ1) is 16.3. The summed E-state index contributed by atoms with van der Waals surface area (Å²) in [6.07, 6.45) is 0. The van der Waals surface area contributed by atoms with Gasteiger partial charge in [-0.3, -0.25) is 0 Å². The van der Waals surface area contributed by atoms with Crippen molar-refractivity contribution in [3.63, 3.8) is 0 Å². The van der Waals surface area contributed by atoms with E-state index in [2.05, 4.69) is 64.1 Å². The van der Waals surface area contributed by atoms with Gasteiger partial charge in [0, 0.05) is 0 Å². The van der Waals surface area contributed by atoms with Crippen LogP contribution in [-0.4, -0.2) is 32.3 Å². The molecule has 0 N–H and O–H groups in total. The summed E-state index contributed by atoms with van der Waals surface area (Å²) in [4.78, 5) is 0. The summed E-state index contributed by atoms with van der Waals surface area (Å²) in [6.45, 7) is 9.22. The van der Waals surface area contributed by atoms with Crippen LogP contribution in [0.15, 0.2) is 36.4 Å². The van der Waals surface area contributed by atoms with Crippen LogP contribution in [0.25, 0.3) is 0 Å². The van der Waals surface area contributed by atoms with E-state index in [-0.39, 0.29) is 32.3 Å². The summed E-state index contributed by atoms with van der Waals surface area (Å²) in [6, 6.07) is 13.6. The third-order valence-electron chi connectivity index (χ3n) is 3.22. The summed E-state index contributed by atoms with van der Waals surface area (Å²) >= 11 is -0.0627. The Balaban J connectivity index is 2.05. The summed E-state index contributed by atoms with van der Waals surface area (Å²) in [5.41, 5.74) is 6.25. The topological polar surface area (TPSA) is 0 Å². The Morgan fingerprint density at radius 1 is 0.632 bits per heavy atom. The normalized spacial score (nSPS) is 10.3. The van der Waals surface area contributed by atoms with Crippen LogP contribution in [0, 0.1) is 27.7 Å². The Bertz CT molecular complexity index is 487. The van der Waals surface area contributed by atoms with E-state index < -0.39 is 15.8 Å². The molecule has 0 spiro atoms. The molecule has 0 fully saturated rings. The first-order valence-electron chi connectivity index (χ1n) is 6.47. The molecule has 3 heteroatoms. The van der Waals surface area contributed by atoms with Crippen molar-refractivity contribution in [1.82, 2.24) is 0 Å². The molecular formula is C16H18CdTe2. The van der Waals surface area contributed by atoms with Crippen LogP contribution in [0.2, 0.25) is 0 Å². The zero-order valence-corrected chi connectivity index (χ0v) is 20.7. The van der Waals surface area contributed by atoms with Crippen LogP contribution >= 0.6 is 0 Å². The average molecular weight is 578 g/mol. The standard InChI is InChI=1S/2C8H10Te.Cd/c2*1-6-4-3-5-7(2)8(6)9;/h2*3-5,9H,1-2H3;/q;;+2/p-2. The van der Waals surface area contributed by atoms with E-state index in [1.165, 1.54) is 0 Å². The van der Waals surface area contributed by atoms with Crippen LogP contribution < -0.4 is 7.22 Å². The summed E-state index contributed by atoms with van der Waals surface area (Å²) < 4.78 is 3.58. The number of rotatable bonds is 4. The molecular weight excluding hydrogens is 560 g/mol. The van der Waals surface area contributed by atoms with Crippen LogP contribution in [-0.2, 0) is 15.8 Å². The van der Waals surface area contributed by atoms with Gasteiger partial charge in [0.25, 0.3) is 0 Å². The molecule has 0 aromatic heterocycles. The Morgan fingerprint density at radius 3 is 1.26 bits per heavy atom. The maximum atomic E-state index is 2.30. The molecule has 0 radical (unpaired) electrons. The van der Waals surface area contributed by atoms with Crippen LogP contribution in [0.4, 0.5) is 0 Å². The minimum absolute atomic E-state index is 0.208. The van der Waals surface area contributed by atoms with Crippen LogP contribution in [0.5, 0.6) is 0 Å². The Kier molecular flexibility index (Phi) is 6.71. The van der Waals surface area contributed by atoms with Gasteiger partial charge in [-0.25, -0.2) is 0 Å². The summed E-state index contributed by atoms with van der Waals surface area (Å²) in [7, 11) is 0. The van der Waals surface area contributed by atoms with Gasteiger partial charge in [-0.1, -0.05) is 0 Å². The van der Waals surface area contributed by atoms with Gasteiger partial charge in [0.05, 0.1) is 0 Å². The monoisotopic (exact) mass is 584 g/mol. The molecule has 0 aliphatic heterocycles. The van der Waals surface area contributed by atoms with Gasteiger partial charge >= 0.3 is 142 Å². The van der Waals surface area contributed by atoms with Crippen molar-refractivity contribution < 1.29 is 15.8 Å². The number of benzene rings is 2. The summed E-state index contributed by atoms with van der Waals surface area (Å²) in [5, 5.41) is 0. The zero-order valence-electron chi connectivity index (χ0n) is 12.0. The number of hydrogen-bond acceptors (Lipinski definition) is 0. The van der Waals surface area contributed by atoms with Crippen molar-refractivity contribution in [2.75, 3.05) is 0 Å². The van der Waals surface area contributed by atoms with Gasteiger partial charge in [-0.05, 0) is 0 Å². The van der Waals surface area contributed by atoms with E-state index in [4.69, 9.17) is 0 Å². The first-order valence-corrected chi connectivity index (χ1v) is 34.2. The van der Waals surface area contributed by atoms with Gasteiger partial charge in [-0.2, -0.15) is 0 Å². The predicted octanol–water partition coefficient (Wildman–Crippen LogP) is 2.19. The molecule has 96 valence electrons. The van der Waals surface area contributed by atoms with E-state index in [0.29, 0.717) is 0 Å². The third kappa shape index (κ3) is 4.45. The van der Waals surface area contributed by atoms with Crippen molar-refractivity contribution in [3.8, 4) is 0 Å². The Labute approximate surface area is 139 Å². The van der Waals surface area contributed by atoms with Gasteiger partial charge in [-0.15, -0.1) is 0 Å². The van der Waals surface area contributed by atoms with Crippen molar-refractivity contribution >= 4 is 39.5 Å². The summed E-state index contributed by atoms with van der Waals surface area (Å²) in [5.74, 6) is 0. The fourth-order valence-electron chi connectivity index (χ4n) is 2.20. The molecule has 2 aromatic carbocycles. The van der Waals surface area contributed by atoms with Crippen molar-refractivity contribution in [1.29, 1.82) is 0 Å². The van der Waals surface area contributed by atoms with Gasteiger partial charge in [0.1, 0.15) is 0 Å². The molecule has 0 nitrogen and oxygen atoms in total. The van der Waals surface area contributed by atoms with E-state index in [1.54, 1.807) is 29.5 Å². The van der Waals surface area contributed by atoms with Gasteiger partial charge in [0.2, 0.25) is 0 Å². The third-order valence-corrected chi connectivity index (χ3v) is 55.1. The Morgan fingerprint density at radius 2 is 0.947 bits per heavy atom.